The normalized spacial score (nSPS) is 12.1. The molecule has 0 radical (unpaired) electrons. The van der Waals surface area contributed by atoms with Crippen molar-refractivity contribution in [3.8, 4) is 0 Å². The number of sulfonamides is 1. The van der Waals surface area contributed by atoms with E-state index in [0.29, 0.717) is 6.54 Å². The first-order valence-electron chi connectivity index (χ1n) is 7.54. The zero-order chi connectivity index (χ0) is 16.0. The number of unbranched alkanes of at least 4 members (excludes halogenated alkanes) is 2. The van der Waals surface area contributed by atoms with Crippen LogP contribution in [-0.4, -0.2) is 31.7 Å². The molecule has 122 valence electrons. The summed E-state index contributed by atoms with van der Waals surface area (Å²) in [7, 11) is -3.13. The van der Waals surface area contributed by atoms with Gasteiger partial charge in [0, 0.05) is 18.8 Å². The monoisotopic (exact) mass is 325 g/mol. The molecule has 2 rings (SSSR count). The van der Waals surface area contributed by atoms with Crippen LogP contribution in [0.1, 0.15) is 33.1 Å². The highest BCUT2D eigenvalue weighted by molar-refractivity contribution is 7.90. The summed E-state index contributed by atoms with van der Waals surface area (Å²) >= 11 is 0. The van der Waals surface area contributed by atoms with Gasteiger partial charge in [0.1, 0.15) is 5.52 Å². The summed E-state index contributed by atoms with van der Waals surface area (Å²) in [4.78, 5) is 4.11. The van der Waals surface area contributed by atoms with Gasteiger partial charge in [0.2, 0.25) is 10.0 Å². The van der Waals surface area contributed by atoms with Gasteiger partial charge in [-0.05, 0) is 44.9 Å². The highest BCUT2D eigenvalue weighted by atomic mass is 32.2. The van der Waals surface area contributed by atoms with Gasteiger partial charge in [-0.25, -0.2) is 18.1 Å². The van der Waals surface area contributed by atoms with Crippen LogP contribution in [0, 0.1) is 0 Å². The van der Waals surface area contributed by atoms with Crippen molar-refractivity contribution in [3.05, 3.63) is 24.6 Å². The lowest BCUT2D eigenvalue weighted by Gasteiger charge is -2.09. The summed E-state index contributed by atoms with van der Waals surface area (Å²) in [6.07, 6.45) is 4.24. The van der Waals surface area contributed by atoms with E-state index in [-0.39, 0.29) is 5.25 Å². The van der Waals surface area contributed by atoms with Crippen LogP contribution in [0.5, 0.6) is 0 Å². The van der Waals surface area contributed by atoms with Gasteiger partial charge in [0.15, 0.2) is 12.0 Å². The predicted octanol–water partition coefficient (Wildman–Crippen LogP) is 2.74. The number of aromatic nitrogens is 1. The van der Waals surface area contributed by atoms with Gasteiger partial charge < -0.3 is 9.73 Å². The number of hydrogen-bond donors (Lipinski definition) is 2. The van der Waals surface area contributed by atoms with Gasteiger partial charge >= 0.3 is 0 Å². The van der Waals surface area contributed by atoms with E-state index in [1.165, 1.54) is 6.39 Å². The number of rotatable bonds is 9. The smallest absolute Gasteiger partial charge is 0.213 e. The molecule has 0 aliphatic heterocycles. The number of anilines is 1. The summed E-state index contributed by atoms with van der Waals surface area (Å²) in [5, 5.41) is 2.96. The number of benzene rings is 1. The molecule has 0 spiro atoms. The van der Waals surface area contributed by atoms with Gasteiger partial charge in [-0.15, -0.1) is 0 Å². The van der Waals surface area contributed by atoms with Gasteiger partial charge in [-0.2, -0.15) is 0 Å². The molecule has 0 bridgehead atoms. The molecule has 2 aromatic rings. The molecule has 0 unspecified atom stereocenters. The summed E-state index contributed by atoms with van der Waals surface area (Å²) in [5.74, 6) is 0. The van der Waals surface area contributed by atoms with Crippen LogP contribution in [0.25, 0.3) is 11.1 Å². The van der Waals surface area contributed by atoms with Crippen molar-refractivity contribution < 1.29 is 12.8 Å². The van der Waals surface area contributed by atoms with Gasteiger partial charge in [0.25, 0.3) is 0 Å². The number of hydrogen-bond acceptors (Lipinski definition) is 5. The second-order valence-corrected chi connectivity index (χ2v) is 7.83. The Morgan fingerprint density at radius 2 is 1.95 bits per heavy atom. The summed E-state index contributed by atoms with van der Waals surface area (Å²) in [6.45, 7) is 4.71. The zero-order valence-corrected chi connectivity index (χ0v) is 13.8. The van der Waals surface area contributed by atoms with Crippen LogP contribution >= 0.6 is 0 Å². The highest BCUT2D eigenvalue weighted by Crippen LogP contribution is 2.17. The first kappa shape index (κ1) is 16.8. The van der Waals surface area contributed by atoms with Crippen molar-refractivity contribution in [2.75, 3.05) is 18.4 Å². The molecule has 0 fully saturated rings. The molecule has 1 aromatic heterocycles. The third kappa shape index (κ3) is 4.71. The molecule has 0 atom stereocenters. The fraction of sp³-hybridized carbons (Fsp3) is 0.533. The third-order valence-electron chi connectivity index (χ3n) is 3.44. The Bertz CT molecular complexity index is 695. The molecule has 0 saturated carbocycles. The molecular weight excluding hydrogens is 302 g/mol. The molecule has 0 aliphatic carbocycles. The number of nitrogens with one attached hydrogen (secondary N) is 2. The van der Waals surface area contributed by atoms with Crippen molar-refractivity contribution in [1.82, 2.24) is 9.71 Å². The molecule has 0 saturated heterocycles. The number of nitrogens with zero attached hydrogens (tertiary/aromatic N) is 1. The van der Waals surface area contributed by atoms with Gasteiger partial charge in [-0.1, -0.05) is 6.42 Å². The van der Waals surface area contributed by atoms with Crippen LogP contribution in [0.2, 0.25) is 0 Å². The minimum atomic E-state index is -3.13. The van der Waals surface area contributed by atoms with Crippen LogP contribution in [0.3, 0.4) is 0 Å². The Kier molecular flexibility index (Phi) is 5.79. The maximum atomic E-state index is 11.6. The van der Waals surface area contributed by atoms with Crippen LogP contribution in [0.15, 0.2) is 29.0 Å². The van der Waals surface area contributed by atoms with E-state index in [2.05, 4.69) is 15.0 Å². The Hall–Kier alpha value is -1.60. The van der Waals surface area contributed by atoms with E-state index >= 15 is 0 Å². The van der Waals surface area contributed by atoms with E-state index in [0.717, 1.165) is 42.6 Å². The standard InChI is InChI=1S/C15H23N3O3S/c1-12(2)22(19,20)18-9-5-3-4-8-16-13-6-7-15-14(10-13)17-11-21-15/h6-7,10-12,16,18H,3-5,8-9H2,1-2H3. The maximum absolute atomic E-state index is 11.6. The second-order valence-electron chi connectivity index (χ2n) is 5.51. The first-order chi connectivity index (χ1) is 10.5. The fourth-order valence-electron chi connectivity index (χ4n) is 2.01. The van der Waals surface area contributed by atoms with Crippen molar-refractivity contribution in [2.24, 2.45) is 0 Å². The molecule has 0 aliphatic rings. The molecule has 1 aromatic carbocycles. The third-order valence-corrected chi connectivity index (χ3v) is 5.28. The molecule has 2 N–H and O–H groups in total. The molecule has 1 heterocycles. The first-order valence-corrected chi connectivity index (χ1v) is 9.09. The number of oxazole rings is 1. The van der Waals surface area contributed by atoms with E-state index < -0.39 is 10.0 Å². The summed E-state index contributed by atoms with van der Waals surface area (Å²) in [6, 6.07) is 5.81. The lowest BCUT2D eigenvalue weighted by molar-refractivity contribution is 0.566. The van der Waals surface area contributed by atoms with Gasteiger partial charge in [0.05, 0.1) is 5.25 Å². The number of fused-ring (bicyclic) bond motifs is 1. The Balaban J connectivity index is 1.61. The van der Waals surface area contributed by atoms with E-state index in [9.17, 15) is 8.42 Å². The van der Waals surface area contributed by atoms with E-state index in [1.54, 1.807) is 13.8 Å². The summed E-state index contributed by atoms with van der Waals surface area (Å²) < 4.78 is 30.9. The quantitative estimate of drug-likeness (QED) is 0.693. The molecular formula is C15H23N3O3S. The lowest BCUT2D eigenvalue weighted by Crippen LogP contribution is -2.31. The summed E-state index contributed by atoms with van der Waals surface area (Å²) in [5.41, 5.74) is 2.64. The average molecular weight is 325 g/mol. The van der Waals surface area contributed by atoms with Gasteiger partial charge in [-0.3, -0.25) is 0 Å². The lowest BCUT2D eigenvalue weighted by atomic mass is 10.2. The second kappa shape index (κ2) is 7.60. The highest BCUT2D eigenvalue weighted by Gasteiger charge is 2.13. The van der Waals surface area contributed by atoms with Crippen LogP contribution < -0.4 is 10.0 Å². The minimum Gasteiger partial charge on any atom is -0.443 e. The fourth-order valence-corrected chi connectivity index (χ4v) is 2.77. The van der Waals surface area contributed by atoms with Crippen molar-refractivity contribution in [3.63, 3.8) is 0 Å². The van der Waals surface area contributed by atoms with E-state index in [1.807, 2.05) is 18.2 Å². The average Bonchev–Trinajstić information content (AvgIpc) is 2.93. The topological polar surface area (TPSA) is 84.2 Å². The minimum absolute atomic E-state index is 0.374. The molecule has 22 heavy (non-hydrogen) atoms. The maximum Gasteiger partial charge on any atom is 0.213 e. The predicted molar refractivity (Wildman–Crippen MR) is 88.4 cm³/mol. The Morgan fingerprint density at radius 1 is 1.18 bits per heavy atom. The largest absolute Gasteiger partial charge is 0.443 e. The Labute approximate surface area is 131 Å². The molecule has 6 nitrogen and oxygen atoms in total. The Morgan fingerprint density at radius 3 is 2.73 bits per heavy atom. The van der Waals surface area contributed by atoms with Crippen molar-refractivity contribution in [1.29, 1.82) is 0 Å². The van der Waals surface area contributed by atoms with Crippen LogP contribution in [-0.2, 0) is 10.0 Å². The van der Waals surface area contributed by atoms with Crippen molar-refractivity contribution >= 4 is 26.8 Å². The van der Waals surface area contributed by atoms with Crippen LogP contribution in [0.4, 0.5) is 5.69 Å². The zero-order valence-electron chi connectivity index (χ0n) is 13.0. The molecule has 7 heteroatoms. The van der Waals surface area contributed by atoms with Crippen molar-refractivity contribution in [2.45, 2.75) is 38.4 Å². The van der Waals surface area contributed by atoms with E-state index in [4.69, 9.17) is 4.42 Å². The SMILES string of the molecule is CC(C)S(=O)(=O)NCCCCCNc1ccc2ocnc2c1. The molecule has 0 amide bonds.